The number of amides is 2. The maximum absolute atomic E-state index is 12.9. The summed E-state index contributed by atoms with van der Waals surface area (Å²) in [7, 11) is 2.49. The maximum Gasteiger partial charge on any atom is 0.508 e. The molecule has 28 heteroatoms. The van der Waals surface area contributed by atoms with Crippen LogP contribution in [0.4, 0.5) is 22.2 Å². The summed E-state index contributed by atoms with van der Waals surface area (Å²) in [4.78, 5) is 111. The molecule has 430 valence electrons. The van der Waals surface area contributed by atoms with E-state index in [0.717, 1.165) is 41.5 Å². The molecule has 6 aromatic rings. The van der Waals surface area contributed by atoms with E-state index in [-0.39, 0.29) is 101 Å². The van der Waals surface area contributed by atoms with Crippen LogP contribution < -0.4 is 33.0 Å². The largest absolute Gasteiger partial charge is 0.508 e. The number of carboxylic acid groups (broad SMARTS) is 2. The van der Waals surface area contributed by atoms with Gasteiger partial charge >= 0.3 is 18.1 Å². The topological polar surface area (TPSA) is 379 Å². The first-order chi connectivity index (χ1) is 38.4. The van der Waals surface area contributed by atoms with Gasteiger partial charge in [0.1, 0.15) is 36.5 Å². The molecule has 0 radical (unpaired) electrons. The van der Waals surface area contributed by atoms with Crippen LogP contribution in [-0.4, -0.2) is 157 Å². The molecule has 10 N–H and O–H groups in total. The van der Waals surface area contributed by atoms with Gasteiger partial charge in [-0.3, -0.25) is 29.0 Å². The first kappa shape index (κ1) is 61.6. The van der Waals surface area contributed by atoms with Gasteiger partial charge in [-0.15, -0.1) is 0 Å². The van der Waals surface area contributed by atoms with Gasteiger partial charge in [-0.25, -0.2) is 29.5 Å². The van der Waals surface area contributed by atoms with Crippen molar-refractivity contribution in [2.45, 2.75) is 72.0 Å². The molecule has 0 fully saturated rings. The average molecular weight is 1150 g/mol. The Labute approximate surface area is 467 Å². The number of nitrogen functional groups attached to an aromatic ring is 2. The summed E-state index contributed by atoms with van der Waals surface area (Å²) >= 11 is 0. The summed E-state index contributed by atoms with van der Waals surface area (Å²) in [6.07, 6.45) is 2.66. The van der Waals surface area contributed by atoms with Crippen molar-refractivity contribution in [1.29, 1.82) is 0 Å². The predicted octanol–water partition coefficient (Wildman–Crippen LogP) is 4.39. The van der Waals surface area contributed by atoms with E-state index < -0.39 is 65.0 Å². The van der Waals surface area contributed by atoms with E-state index in [1.807, 2.05) is 38.1 Å². The highest BCUT2D eigenvalue weighted by Crippen LogP contribution is 2.32. The van der Waals surface area contributed by atoms with Crippen molar-refractivity contribution in [3.63, 3.8) is 0 Å². The molecule has 0 aliphatic carbocycles. The van der Waals surface area contributed by atoms with Gasteiger partial charge in [0.05, 0.1) is 69.1 Å². The number of aryl methyl sites for hydroxylation is 1. The number of carbonyl (C=O) groups excluding carboxylic acids is 4. The Balaban J connectivity index is 0.762. The number of rotatable bonds is 35. The number of carbonyl (C=O) groups is 6. The van der Waals surface area contributed by atoms with Crippen molar-refractivity contribution in [2.24, 2.45) is 11.3 Å². The molecule has 4 heterocycles. The number of H-pyrrole nitrogens is 1. The summed E-state index contributed by atoms with van der Waals surface area (Å²) in [5.41, 5.74) is 14.6. The van der Waals surface area contributed by atoms with Gasteiger partial charge < -0.3 is 65.9 Å². The SMILES string of the molecule is CCCCc1nc2c(N)nc3ccccc3c2n1CC(C)(C)COC(=O)OCCSSC[C@H](NC(=O)CCOCCOCCOCCNC(=O)C(CC(=O)c1ccc(NCc2cnc3nc(N)[nH]c(=O)c3n2)cc1)C(=O)O)C(=O)O. The number of anilines is 3. The predicted molar refractivity (Wildman–Crippen MR) is 300 cm³/mol. The molecule has 2 aromatic carbocycles. The summed E-state index contributed by atoms with van der Waals surface area (Å²) in [6.45, 7) is 7.59. The second-order valence-corrected chi connectivity index (χ2v) is 21.5. The minimum absolute atomic E-state index is 0.0162. The van der Waals surface area contributed by atoms with Gasteiger partial charge in [0.2, 0.25) is 17.8 Å². The summed E-state index contributed by atoms with van der Waals surface area (Å²) in [5.74, 6) is -4.61. The quantitative estimate of drug-likeness (QED) is 0.00899. The fourth-order valence-electron chi connectivity index (χ4n) is 7.84. The lowest BCUT2D eigenvalue weighted by Crippen LogP contribution is -2.42. The van der Waals surface area contributed by atoms with Crippen LogP contribution in [0.25, 0.3) is 33.1 Å². The fourth-order valence-corrected chi connectivity index (χ4v) is 9.82. The van der Waals surface area contributed by atoms with Gasteiger partial charge in [-0.1, -0.05) is 67.0 Å². The number of hydrogen-bond donors (Lipinski definition) is 8. The molecule has 1 unspecified atom stereocenters. The molecule has 6 rings (SSSR count). The smallest absolute Gasteiger partial charge is 0.481 e. The molecular weight excluding hydrogens is 1080 g/mol. The number of para-hydroxylation sites is 1. The van der Waals surface area contributed by atoms with Crippen molar-refractivity contribution in [2.75, 3.05) is 87.7 Å². The third-order valence-corrected chi connectivity index (χ3v) is 14.3. The molecule has 0 bridgehead atoms. The van der Waals surface area contributed by atoms with E-state index in [2.05, 4.69) is 52.4 Å². The number of benzene rings is 2. The van der Waals surface area contributed by atoms with Crippen molar-refractivity contribution in [3.8, 4) is 0 Å². The maximum atomic E-state index is 12.9. The summed E-state index contributed by atoms with van der Waals surface area (Å²) in [6, 6.07) is 12.8. The van der Waals surface area contributed by atoms with E-state index in [9.17, 15) is 43.8 Å². The second kappa shape index (κ2) is 30.6. The van der Waals surface area contributed by atoms with Crippen molar-refractivity contribution < 1.29 is 62.7 Å². The molecule has 0 saturated heterocycles. The lowest BCUT2D eigenvalue weighted by atomic mass is 9.94. The number of ketones is 1. The van der Waals surface area contributed by atoms with Crippen molar-refractivity contribution in [1.82, 2.24) is 45.1 Å². The Morgan fingerprint density at radius 3 is 2.29 bits per heavy atom. The normalized spacial score (nSPS) is 12.3. The van der Waals surface area contributed by atoms with Crippen LogP contribution in [0.3, 0.4) is 0 Å². The van der Waals surface area contributed by atoms with E-state index in [1.165, 1.54) is 39.9 Å². The van der Waals surface area contributed by atoms with E-state index in [0.29, 0.717) is 35.0 Å². The monoisotopic (exact) mass is 1150 g/mol. The Morgan fingerprint density at radius 1 is 0.838 bits per heavy atom. The highest BCUT2D eigenvalue weighted by Gasteiger charge is 2.30. The van der Waals surface area contributed by atoms with Crippen LogP contribution >= 0.6 is 21.6 Å². The highest BCUT2D eigenvalue weighted by molar-refractivity contribution is 8.76. The lowest BCUT2D eigenvalue weighted by molar-refractivity contribution is -0.147. The molecule has 2 amide bonds. The number of hydrogen-bond acceptors (Lipinski definition) is 22. The number of unbranched alkanes of at least 4 members (excludes halogenated alkanes) is 1. The number of ether oxygens (including phenoxy) is 5. The van der Waals surface area contributed by atoms with Crippen LogP contribution in [0.1, 0.15) is 68.3 Å². The molecule has 0 saturated carbocycles. The first-order valence-electron chi connectivity index (χ1n) is 25.6. The number of fused-ring (bicyclic) bond motifs is 4. The Morgan fingerprint density at radius 2 is 1.56 bits per heavy atom. The minimum atomic E-state index is -1.63. The number of Topliss-reactive ketones (excluding diaryl/α,β-unsaturated/α-hetero) is 1. The van der Waals surface area contributed by atoms with E-state index >= 15 is 0 Å². The van der Waals surface area contributed by atoms with E-state index in [4.69, 9.17) is 40.1 Å². The Bertz CT molecular complexity index is 3160. The lowest BCUT2D eigenvalue weighted by Gasteiger charge is -2.26. The van der Waals surface area contributed by atoms with Gasteiger partial charge in [-0.05, 0) is 36.8 Å². The number of aliphatic carboxylic acids is 2. The Hall–Kier alpha value is -7.66. The molecular formula is C52H66N12O14S2. The number of nitrogens with two attached hydrogens (primary N) is 2. The van der Waals surface area contributed by atoms with Crippen LogP contribution in [0.2, 0.25) is 0 Å². The molecule has 26 nitrogen and oxygen atoms in total. The van der Waals surface area contributed by atoms with Gasteiger partial charge in [-0.2, -0.15) is 4.98 Å². The summed E-state index contributed by atoms with van der Waals surface area (Å²) in [5, 5.41) is 28.3. The molecule has 2 atom stereocenters. The van der Waals surface area contributed by atoms with Gasteiger partial charge in [0.25, 0.3) is 5.56 Å². The third-order valence-electron chi connectivity index (χ3n) is 11.9. The number of carboxylic acids is 2. The highest BCUT2D eigenvalue weighted by atomic mass is 33.1. The van der Waals surface area contributed by atoms with Crippen molar-refractivity contribution >= 4 is 108 Å². The zero-order valence-corrected chi connectivity index (χ0v) is 46.2. The number of aromatic amines is 1. The molecule has 0 aliphatic heterocycles. The second-order valence-electron chi connectivity index (χ2n) is 18.9. The van der Waals surface area contributed by atoms with Crippen molar-refractivity contribution in [3.05, 3.63) is 82.2 Å². The molecule has 0 spiro atoms. The number of pyridine rings is 1. The number of nitrogens with zero attached hydrogens (tertiary/aromatic N) is 6. The summed E-state index contributed by atoms with van der Waals surface area (Å²) < 4.78 is 29.3. The molecule has 4 aromatic heterocycles. The zero-order chi connectivity index (χ0) is 57.6. The third kappa shape index (κ3) is 18.7. The van der Waals surface area contributed by atoms with Crippen LogP contribution in [-0.2, 0) is 62.4 Å². The zero-order valence-electron chi connectivity index (χ0n) is 44.5. The standard InChI is InChI=1S/C52H66N12O14S2/c1-4-5-10-39-61-41-43(34-8-6-7-9-36(34)60-44(41)53)64(39)29-52(2,3)30-78-51(73)77-23-24-79-80-28-37(49(71)72)59-40(66)15-17-74-19-21-76-22-20-75-18-16-55-46(67)35(48(69)70)25-38(65)31-11-13-32(14-12-31)56-26-33-27-57-45-42(58-33)47(68)63-50(54)62-45/h6-9,11-14,27,35,37,56H,4-5,10,15-26,28-30H2,1-3H3,(H2,53,60)(H,55,67)(H,59,66)(H,69,70)(H,71,72)(H3,54,57,62,63,68)/t35?,37-/m0/s1. The first-order valence-corrected chi connectivity index (χ1v) is 28.1. The van der Waals surface area contributed by atoms with Crippen LogP contribution in [0.15, 0.2) is 59.5 Å². The fraction of sp³-hybridized carbons (Fsp3) is 0.462. The molecule has 80 heavy (non-hydrogen) atoms. The van der Waals surface area contributed by atoms with Crippen LogP contribution in [0, 0.1) is 11.3 Å². The minimum Gasteiger partial charge on any atom is -0.481 e. The average Bonchev–Trinajstić information content (AvgIpc) is 3.90. The number of nitrogens with one attached hydrogen (secondary N) is 4. The number of aromatic nitrogens is 7. The molecule has 0 aliphatic rings. The van der Waals surface area contributed by atoms with Gasteiger partial charge in [0.15, 0.2) is 22.8 Å². The Kier molecular flexibility index (Phi) is 23.6. The number of imidazole rings is 1. The van der Waals surface area contributed by atoms with Gasteiger partial charge in [0, 0.05) is 65.9 Å². The van der Waals surface area contributed by atoms with Crippen LogP contribution in [0.5, 0.6) is 0 Å². The van der Waals surface area contributed by atoms with E-state index in [1.54, 1.807) is 12.1 Å².